The Bertz CT molecular complexity index is 568. The first kappa shape index (κ1) is 15.0. The van der Waals surface area contributed by atoms with Crippen LogP contribution in [0.1, 0.15) is 12.0 Å². The highest BCUT2D eigenvalue weighted by molar-refractivity contribution is 5.99. The van der Waals surface area contributed by atoms with Gasteiger partial charge >= 0.3 is 5.97 Å². The van der Waals surface area contributed by atoms with E-state index in [9.17, 15) is 9.59 Å². The van der Waals surface area contributed by atoms with Gasteiger partial charge in [0, 0.05) is 25.2 Å². The molecule has 0 unspecified atom stereocenters. The van der Waals surface area contributed by atoms with E-state index in [0.29, 0.717) is 6.04 Å². The van der Waals surface area contributed by atoms with Crippen LogP contribution < -0.4 is 4.90 Å². The van der Waals surface area contributed by atoms with Crippen molar-refractivity contribution in [1.82, 2.24) is 4.90 Å². The van der Waals surface area contributed by atoms with Crippen LogP contribution in [0, 0.1) is 5.92 Å². The Morgan fingerprint density at radius 3 is 2.55 bits per heavy atom. The van der Waals surface area contributed by atoms with E-state index >= 15 is 0 Å². The van der Waals surface area contributed by atoms with Gasteiger partial charge in [-0.2, -0.15) is 0 Å². The second-order valence-electron chi connectivity index (χ2n) is 6.02. The number of carboxylic acid groups (broad SMARTS) is 1. The average molecular weight is 304 g/mol. The van der Waals surface area contributed by atoms with Crippen molar-refractivity contribution in [3.8, 4) is 0 Å². The summed E-state index contributed by atoms with van der Waals surface area (Å²) in [7, 11) is 2.07. The van der Waals surface area contributed by atoms with Crippen molar-refractivity contribution in [2.75, 3.05) is 31.7 Å². The molecule has 0 spiro atoms. The predicted octanol–water partition coefficient (Wildman–Crippen LogP) is 0.955. The first-order valence-corrected chi connectivity index (χ1v) is 7.44. The van der Waals surface area contributed by atoms with Crippen LogP contribution in [0.3, 0.4) is 0 Å². The molecule has 2 heterocycles. The van der Waals surface area contributed by atoms with Crippen molar-refractivity contribution in [2.45, 2.75) is 19.0 Å². The fourth-order valence-electron chi connectivity index (χ4n) is 2.80. The van der Waals surface area contributed by atoms with Gasteiger partial charge in [0.05, 0.1) is 25.2 Å². The lowest BCUT2D eigenvalue weighted by Gasteiger charge is -2.34. The molecule has 0 aromatic heterocycles. The molecule has 2 aliphatic heterocycles. The van der Waals surface area contributed by atoms with Crippen molar-refractivity contribution in [2.24, 2.45) is 5.92 Å². The van der Waals surface area contributed by atoms with Gasteiger partial charge < -0.3 is 14.7 Å². The zero-order valence-corrected chi connectivity index (χ0v) is 12.6. The molecular weight excluding hydrogens is 284 g/mol. The van der Waals surface area contributed by atoms with Gasteiger partial charge in [0.15, 0.2) is 0 Å². The number of carbonyl (C=O) groups is 2. The number of hydrogen-bond acceptors (Lipinski definition) is 4. The summed E-state index contributed by atoms with van der Waals surface area (Å²) in [5.41, 5.74) is 1.94. The van der Waals surface area contributed by atoms with E-state index in [2.05, 4.69) is 11.9 Å². The summed E-state index contributed by atoms with van der Waals surface area (Å²) in [6.07, 6.45) is 0.0848. The monoisotopic (exact) mass is 304 g/mol. The number of hydrogen-bond donors (Lipinski definition) is 1. The van der Waals surface area contributed by atoms with Crippen molar-refractivity contribution in [1.29, 1.82) is 0 Å². The van der Waals surface area contributed by atoms with Crippen LogP contribution in [-0.4, -0.2) is 54.7 Å². The van der Waals surface area contributed by atoms with Gasteiger partial charge in [-0.15, -0.1) is 0 Å². The molecule has 0 radical (unpaired) electrons. The van der Waals surface area contributed by atoms with Crippen LogP contribution >= 0.6 is 0 Å². The quantitative estimate of drug-likeness (QED) is 0.877. The maximum absolute atomic E-state index is 11.9. The number of carboxylic acids is 1. The number of ether oxygens (including phenoxy) is 1. The first-order chi connectivity index (χ1) is 10.5. The van der Waals surface area contributed by atoms with E-state index in [1.807, 2.05) is 24.3 Å². The predicted molar refractivity (Wildman–Crippen MR) is 80.6 cm³/mol. The molecule has 0 aliphatic carbocycles. The number of amides is 1. The Kier molecular flexibility index (Phi) is 4.13. The summed E-state index contributed by atoms with van der Waals surface area (Å²) in [5, 5.41) is 9.03. The highest BCUT2D eigenvalue weighted by atomic mass is 16.5. The zero-order valence-electron chi connectivity index (χ0n) is 12.6. The number of carbonyl (C=O) groups excluding carboxylic acids is 1. The molecule has 1 aromatic rings. The van der Waals surface area contributed by atoms with Crippen LogP contribution in [-0.2, 0) is 20.9 Å². The summed E-state index contributed by atoms with van der Waals surface area (Å²) >= 11 is 0. The lowest BCUT2D eigenvalue weighted by Crippen LogP contribution is -2.46. The Morgan fingerprint density at radius 1 is 1.36 bits per heavy atom. The minimum absolute atomic E-state index is 0.0848. The second-order valence-corrected chi connectivity index (χ2v) is 6.02. The van der Waals surface area contributed by atoms with Crippen molar-refractivity contribution in [3.63, 3.8) is 0 Å². The number of anilines is 1. The molecule has 118 valence electrons. The van der Waals surface area contributed by atoms with Gasteiger partial charge in [0.2, 0.25) is 5.91 Å². The molecular formula is C16H20N2O4. The molecule has 1 atom stereocenters. The van der Waals surface area contributed by atoms with Crippen LogP contribution in [0.2, 0.25) is 0 Å². The van der Waals surface area contributed by atoms with Gasteiger partial charge in [-0.05, 0) is 24.7 Å². The smallest absolute Gasteiger partial charge is 0.308 e. The third-order valence-corrected chi connectivity index (χ3v) is 4.40. The lowest BCUT2D eigenvalue weighted by atomic mass is 10.1. The Balaban J connectivity index is 1.64. The van der Waals surface area contributed by atoms with E-state index in [0.717, 1.165) is 25.4 Å². The number of aliphatic carboxylic acids is 1. The van der Waals surface area contributed by atoms with Gasteiger partial charge in [0.1, 0.15) is 0 Å². The van der Waals surface area contributed by atoms with Gasteiger partial charge in [-0.1, -0.05) is 12.1 Å². The van der Waals surface area contributed by atoms with Crippen molar-refractivity contribution in [3.05, 3.63) is 29.8 Å². The standard InChI is InChI=1S/C16H20N2O4/c1-17(14-9-22-10-14)7-11-2-4-13(5-3-11)18-8-12(16(20)21)6-15(18)19/h2-5,12,14H,6-10H2,1H3,(H,20,21)/t12-/m0/s1. The van der Waals surface area contributed by atoms with Gasteiger partial charge in [-0.25, -0.2) is 0 Å². The lowest BCUT2D eigenvalue weighted by molar-refractivity contribution is -0.141. The summed E-state index contributed by atoms with van der Waals surface area (Å²) < 4.78 is 5.19. The van der Waals surface area contributed by atoms with E-state index in [1.54, 1.807) is 4.90 Å². The topological polar surface area (TPSA) is 70.1 Å². The third kappa shape index (κ3) is 2.98. The van der Waals surface area contributed by atoms with E-state index in [-0.39, 0.29) is 18.9 Å². The summed E-state index contributed by atoms with van der Waals surface area (Å²) in [5.74, 6) is -1.63. The molecule has 2 saturated heterocycles. The number of rotatable bonds is 5. The molecule has 22 heavy (non-hydrogen) atoms. The summed E-state index contributed by atoms with van der Waals surface area (Å²) in [4.78, 5) is 26.7. The Labute approximate surface area is 129 Å². The molecule has 0 bridgehead atoms. The Morgan fingerprint density at radius 2 is 2.05 bits per heavy atom. The molecule has 2 aliphatic rings. The molecule has 6 heteroatoms. The maximum Gasteiger partial charge on any atom is 0.308 e. The highest BCUT2D eigenvalue weighted by Gasteiger charge is 2.35. The SMILES string of the molecule is CN(Cc1ccc(N2C[C@@H](C(=O)O)CC2=O)cc1)C1COC1. The first-order valence-electron chi connectivity index (χ1n) is 7.44. The van der Waals surface area contributed by atoms with Gasteiger partial charge in [0.25, 0.3) is 0 Å². The van der Waals surface area contributed by atoms with Crippen molar-refractivity contribution < 1.29 is 19.4 Å². The van der Waals surface area contributed by atoms with Crippen LogP contribution in [0.15, 0.2) is 24.3 Å². The van der Waals surface area contributed by atoms with Crippen LogP contribution in [0.25, 0.3) is 0 Å². The molecule has 6 nitrogen and oxygen atoms in total. The maximum atomic E-state index is 11.9. The number of nitrogens with zero attached hydrogens (tertiary/aromatic N) is 2. The molecule has 1 aromatic carbocycles. The zero-order chi connectivity index (χ0) is 15.7. The van der Waals surface area contributed by atoms with E-state index < -0.39 is 11.9 Å². The molecule has 1 amide bonds. The fourth-order valence-corrected chi connectivity index (χ4v) is 2.80. The minimum atomic E-state index is -0.906. The molecule has 0 saturated carbocycles. The number of likely N-dealkylation sites (N-methyl/N-ethyl adjacent to an activating group) is 1. The van der Waals surface area contributed by atoms with Crippen LogP contribution in [0.4, 0.5) is 5.69 Å². The molecule has 3 rings (SSSR count). The average Bonchev–Trinajstić information content (AvgIpc) is 2.80. The highest BCUT2D eigenvalue weighted by Crippen LogP contribution is 2.26. The largest absolute Gasteiger partial charge is 0.481 e. The fraction of sp³-hybridized carbons (Fsp3) is 0.500. The third-order valence-electron chi connectivity index (χ3n) is 4.40. The minimum Gasteiger partial charge on any atom is -0.481 e. The van der Waals surface area contributed by atoms with Gasteiger partial charge in [-0.3, -0.25) is 14.5 Å². The normalized spacial score (nSPS) is 22.2. The summed E-state index contributed by atoms with van der Waals surface area (Å²) in [6, 6.07) is 8.25. The second kappa shape index (κ2) is 6.06. The molecule has 1 N–H and O–H groups in total. The summed E-state index contributed by atoms with van der Waals surface area (Å²) in [6.45, 7) is 2.66. The number of benzene rings is 1. The van der Waals surface area contributed by atoms with Crippen molar-refractivity contribution >= 4 is 17.6 Å². The molecule has 2 fully saturated rings. The van der Waals surface area contributed by atoms with E-state index in [4.69, 9.17) is 9.84 Å². The van der Waals surface area contributed by atoms with E-state index in [1.165, 1.54) is 5.56 Å². The van der Waals surface area contributed by atoms with Crippen LogP contribution in [0.5, 0.6) is 0 Å². The Hall–Kier alpha value is -1.92.